The molecule has 0 spiro atoms. The number of hydrogen-bond acceptors (Lipinski definition) is 4. The number of methoxy groups -OCH3 is 1. The largest absolute Gasteiger partial charge is 0.493 e. The highest BCUT2D eigenvalue weighted by Gasteiger charge is 2.21. The van der Waals surface area contributed by atoms with E-state index in [1.54, 1.807) is 21.0 Å². The number of benzene rings is 1. The Morgan fingerprint density at radius 2 is 2.10 bits per heavy atom. The van der Waals surface area contributed by atoms with E-state index in [0.29, 0.717) is 30.6 Å². The highest BCUT2D eigenvalue weighted by Crippen LogP contribution is 2.37. The SMILES string of the molecule is COc1cc(CNC2CC2)cc(Br)c1OCCC(C)(C)O. The van der Waals surface area contributed by atoms with Crippen molar-refractivity contribution in [1.29, 1.82) is 0 Å². The highest BCUT2D eigenvalue weighted by atomic mass is 79.9. The van der Waals surface area contributed by atoms with Crippen molar-refractivity contribution in [3.8, 4) is 11.5 Å². The standard InChI is InChI=1S/C16H24BrNO3/c1-16(2,19)6-7-21-15-13(17)8-11(9-14(15)20-3)10-18-12-4-5-12/h8-9,12,18-19H,4-7,10H2,1-3H3. The lowest BCUT2D eigenvalue weighted by Gasteiger charge is -2.19. The molecule has 0 bridgehead atoms. The molecule has 2 N–H and O–H groups in total. The first-order valence-electron chi connectivity index (χ1n) is 7.34. The Bertz CT molecular complexity index is 481. The summed E-state index contributed by atoms with van der Waals surface area (Å²) in [6, 6.07) is 4.73. The smallest absolute Gasteiger partial charge is 0.175 e. The summed E-state index contributed by atoms with van der Waals surface area (Å²) in [5, 5.41) is 13.2. The van der Waals surface area contributed by atoms with Gasteiger partial charge in [-0.1, -0.05) is 0 Å². The fourth-order valence-electron chi connectivity index (χ4n) is 1.97. The van der Waals surface area contributed by atoms with E-state index in [1.165, 1.54) is 18.4 Å². The summed E-state index contributed by atoms with van der Waals surface area (Å²) in [6.07, 6.45) is 3.11. The van der Waals surface area contributed by atoms with Crippen molar-refractivity contribution in [3.05, 3.63) is 22.2 Å². The number of rotatable bonds is 8. The Kier molecular flexibility index (Phi) is 5.52. The second-order valence-corrected chi connectivity index (χ2v) is 7.03. The van der Waals surface area contributed by atoms with Crippen LogP contribution in [0.15, 0.2) is 16.6 Å². The lowest BCUT2D eigenvalue weighted by atomic mass is 10.1. The zero-order valence-corrected chi connectivity index (χ0v) is 14.5. The monoisotopic (exact) mass is 357 g/mol. The number of hydrogen-bond donors (Lipinski definition) is 2. The van der Waals surface area contributed by atoms with Gasteiger partial charge in [0.15, 0.2) is 11.5 Å². The minimum absolute atomic E-state index is 0.443. The normalized spacial score (nSPS) is 15.1. The van der Waals surface area contributed by atoms with Gasteiger partial charge in [-0.25, -0.2) is 0 Å². The second-order valence-electron chi connectivity index (χ2n) is 6.18. The van der Waals surface area contributed by atoms with Gasteiger partial charge in [0.2, 0.25) is 0 Å². The maximum absolute atomic E-state index is 9.73. The van der Waals surface area contributed by atoms with Crippen LogP contribution in [0.25, 0.3) is 0 Å². The van der Waals surface area contributed by atoms with Gasteiger partial charge in [0, 0.05) is 19.0 Å². The van der Waals surface area contributed by atoms with E-state index in [1.807, 2.05) is 6.07 Å². The Morgan fingerprint density at radius 1 is 1.38 bits per heavy atom. The van der Waals surface area contributed by atoms with Crippen LogP contribution in [0.2, 0.25) is 0 Å². The zero-order chi connectivity index (χ0) is 15.5. The summed E-state index contributed by atoms with van der Waals surface area (Å²) < 4.78 is 12.1. The number of halogens is 1. The van der Waals surface area contributed by atoms with E-state index in [4.69, 9.17) is 9.47 Å². The van der Waals surface area contributed by atoms with E-state index in [2.05, 4.69) is 27.3 Å². The van der Waals surface area contributed by atoms with Gasteiger partial charge in [-0.2, -0.15) is 0 Å². The van der Waals surface area contributed by atoms with E-state index in [-0.39, 0.29) is 0 Å². The van der Waals surface area contributed by atoms with Gasteiger partial charge in [-0.3, -0.25) is 0 Å². The third-order valence-corrected chi connectivity index (χ3v) is 4.01. The fourth-order valence-corrected chi connectivity index (χ4v) is 2.57. The molecule has 0 radical (unpaired) electrons. The molecule has 0 unspecified atom stereocenters. The molecule has 0 saturated heterocycles. The average Bonchev–Trinajstić information content (AvgIpc) is 3.21. The van der Waals surface area contributed by atoms with Crippen molar-refractivity contribution >= 4 is 15.9 Å². The Morgan fingerprint density at radius 3 is 2.67 bits per heavy atom. The third kappa shape index (κ3) is 5.49. The third-order valence-electron chi connectivity index (χ3n) is 3.42. The molecule has 1 aromatic carbocycles. The zero-order valence-electron chi connectivity index (χ0n) is 12.9. The summed E-state index contributed by atoms with van der Waals surface area (Å²) in [4.78, 5) is 0. The molecule has 1 aromatic rings. The quantitative estimate of drug-likeness (QED) is 0.749. The lowest BCUT2D eigenvalue weighted by molar-refractivity contribution is 0.0548. The van der Waals surface area contributed by atoms with Gasteiger partial charge in [0.1, 0.15) is 0 Å². The Balaban J connectivity index is 2.01. The molecule has 118 valence electrons. The van der Waals surface area contributed by atoms with Gasteiger partial charge in [-0.15, -0.1) is 0 Å². The molecule has 0 amide bonds. The van der Waals surface area contributed by atoms with Gasteiger partial charge < -0.3 is 19.9 Å². The molecule has 1 saturated carbocycles. The van der Waals surface area contributed by atoms with Crippen LogP contribution in [0.1, 0.15) is 38.7 Å². The Labute approximate surface area is 135 Å². The summed E-state index contributed by atoms with van der Waals surface area (Å²) >= 11 is 3.55. The molecule has 0 atom stereocenters. The van der Waals surface area contributed by atoms with Crippen LogP contribution < -0.4 is 14.8 Å². The number of nitrogens with one attached hydrogen (secondary N) is 1. The second kappa shape index (κ2) is 6.99. The van der Waals surface area contributed by atoms with Crippen molar-refractivity contribution in [2.75, 3.05) is 13.7 Å². The first-order valence-corrected chi connectivity index (χ1v) is 8.13. The molecule has 1 aliphatic carbocycles. The van der Waals surface area contributed by atoms with Gasteiger partial charge >= 0.3 is 0 Å². The Hall–Kier alpha value is -0.780. The molecule has 4 nitrogen and oxygen atoms in total. The van der Waals surface area contributed by atoms with Crippen molar-refractivity contribution < 1.29 is 14.6 Å². The summed E-state index contributed by atoms with van der Waals surface area (Å²) in [7, 11) is 1.64. The van der Waals surface area contributed by atoms with Crippen LogP contribution >= 0.6 is 15.9 Å². The van der Waals surface area contributed by atoms with Crippen LogP contribution in [0, 0.1) is 0 Å². The molecule has 0 heterocycles. The van der Waals surface area contributed by atoms with Crippen LogP contribution in [0.3, 0.4) is 0 Å². The van der Waals surface area contributed by atoms with Crippen molar-refractivity contribution in [3.63, 3.8) is 0 Å². The van der Waals surface area contributed by atoms with Crippen molar-refractivity contribution in [1.82, 2.24) is 5.32 Å². The van der Waals surface area contributed by atoms with E-state index in [0.717, 1.165) is 11.0 Å². The van der Waals surface area contributed by atoms with Crippen LogP contribution in [0.5, 0.6) is 11.5 Å². The minimum Gasteiger partial charge on any atom is -0.493 e. The lowest BCUT2D eigenvalue weighted by Crippen LogP contribution is -2.22. The topological polar surface area (TPSA) is 50.7 Å². The predicted octanol–water partition coefficient (Wildman–Crippen LogP) is 3.25. The van der Waals surface area contributed by atoms with Crippen LogP contribution in [-0.2, 0) is 6.54 Å². The van der Waals surface area contributed by atoms with Gasteiger partial charge in [0.25, 0.3) is 0 Å². The van der Waals surface area contributed by atoms with Crippen molar-refractivity contribution in [2.24, 2.45) is 0 Å². The molecular weight excluding hydrogens is 334 g/mol. The maximum atomic E-state index is 9.73. The molecular formula is C16H24BrNO3. The predicted molar refractivity (Wildman–Crippen MR) is 87.0 cm³/mol. The fraction of sp³-hybridized carbons (Fsp3) is 0.625. The molecule has 1 aliphatic rings. The molecule has 2 rings (SSSR count). The first-order chi connectivity index (χ1) is 9.89. The van der Waals surface area contributed by atoms with E-state index >= 15 is 0 Å². The molecule has 21 heavy (non-hydrogen) atoms. The number of ether oxygens (including phenoxy) is 2. The molecule has 1 fully saturated rings. The van der Waals surface area contributed by atoms with E-state index < -0.39 is 5.60 Å². The molecule has 0 aliphatic heterocycles. The average molecular weight is 358 g/mol. The number of aliphatic hydroxyl groups is 1. The first kappa shape index (κ1) is 16.6. The highest BCUT2D eigenvalue weighted by molar-refractivity contribution is 9.10. The van der Waals surface area contributed by atoms with Gasteiger partial charge in [0.05, 0.1) is 23.8 Å². The van der Waals surface area contributed by atoms with Crippen molar-refractivity contribution in [2.45, 2.75) is 51.3 Å². The van der Waals surface area contributed by atoms with Gasteiger partial charge in [-0.05, 0) is 60.3 Å². The molecule has 0 aromatic heterocycles. The summed E-state index contributed by atoms with van der Waals surface area (Å²) in [5.74, 6) is 1.41. The summed E-state index contributed by atoms with van der Waals surface area (Å²) in [6.45, 7) is 4.83. The molecule has 5 heteroatoms. The maximum Gasteiger partial charge on any atom is 0.175 e. The van der Waals surface area contributed by atoms with E-state index in [9.17, 15) is 5.11 Å². The van der Waals surface area contributed by atoms with Crippen LogP contribution in [-0.4, -0.2) is 30.5 Å². The minimum atomic E-state index is -0.728. The summed E-state index contributed by atoms with van der Waals surface area (Å²) in [5.41, 5.74) is 0.439. The van der Waals surface area contributed by atoms with Crippen LogP contribution in [0.4, 0.5) is 0 Å².